The van der Waals surface area contributed by atoms with Crippen molar-refractivity contribution in [3.8, 4) is 0 Å². The first kappa shape index (κ1) is 16.0. The van der Waals surface area contributed by atoms with Gasteiger partial charge in [0, 0.05) is 18.3 Å². The topological polar surface area (TPSA) is 67.4 Å². The van der Waals surface area contributed by atoms with Crippen LogP contribution in [0.15, 0.2) is 24.3 Å². The molecular weight excluding hydrogens is 256 g/mol. The predicted octanol–water partition coefficient (Wildman–Crippen LogP) is 2.79. The van der Waals surface area contributed by atoms with E-state index in [0.717, 1.165) is 5.69 Å². The van der Waals surface area contributed by atoms with Gasteiger partial charge in [0.25, 0.3) is 0 Å². The molecule has 0 fully saturated rings. The zero-order valence-electron chi connectivity index (χ0n) is 12.6. The molecule has 0 aliphatic rings. The van der Waals surface area contributed by atoms with Gasteiger partial charge in [-0.05, 0) is 45.9 Å². The van der Waals surface area contributed by atoms with Crippen LogP contribution in [0.3, 0.4) is 0 Å². The zero-order valence-corrected chi connectivity index (χ0v) is 12.6. The number of ether oxygens (including phenoxy) is 1. The molecule has 0 aliphatic carbocycles. The first-order valence-corrected chi connectivity index (χ1v) is 6.54. The number of benzene rings is 1. The zero-order chi connectivity index (χ0) is 15.3. The highest BCUT2D eigenvalue weighted by Crippen LogP contribution is 2.17. The lowest BCUT2D eigenvalue weighted by molar-refractivity contribution is -0.155. The van der Waals surface area contributed by atoms with Crippen molar-refractivity contribution in [2.45, 2.75) is 46.3 Å². The molecule has 0 aromatic heterocycles. The summed E-state index contributed by atoms with van der Waals surface area (Å²) in [5, 5.41) is 5.74. The smallest absolute Gasteiger partial charge is 0.328 e. The van der Waals surface area contributed by atoms with Gasteiger partial charge in [0.15, 0.2) is 0 Å². The first-order chi connectivity index (χ1) is 9.17. The lowest BCUT2D eigenvalue weighted by Gasteiger charge is -2.23. The molecule has 1 rings (SSSR count). The lowest BCUT2D eigenvalue weighted by atomic mass is 10.2. The molecule has 0 heterocycles. The number of carbonyl (C=O) groups is 2. The standard InChI is InChI=1S/C15H22N2O3/c1-10(14(19)20-15(3,4)5)16-12-7-6-8-13(9-12)17-11(2)18/h6-10,16H,1-5H3,(H,17,18). The molecule has 1 aromatic rings. The minimum atomic E-state index is -0.509. The summed E-state index contributed by atoms with van der Waals surface area (Å²) in [7, 11) is 0. The van der Waals surface area contributed by atoms with Crippen LogP contribution in [-0.2, 0) is 14.3 Å². The SMILES string of the molecule is CC(=O)Nc1cccc(NC(C)C(=O)OC(C)(C)C)c1. The van der Waals surface area contributed by atoms with E-state index >= 15 is 0 Å². The third-order valence-corrected chi connectivity index (χ3v) is 2.33. The van der Waals surface area contributed by atoms with Gasteiger partial charge >= 0.3 is 5.97 Å². The molecule has 1 atom stereocenters. The van der Waals surface area contributed by atoms with Gasteiger partial charge in [-0.3, -0.25) is 4.79 Å². The normalized spacial score (nSPS) is 12.4. The van der Waals surface area contributed by atoms with Crippen molar-refractivity contribution in [3.05, 3.63) is 24.3 Å². The molecule has 110 valence electrons. The van der Waals surface area contributed by atoms with Crippen LogP contribution in [0.5, 0.6) is 0 Å². The van der Waals surface area contributed by atoms with E-state index in [1.165, 1.54) is 6.92 Å². The highest BCUT2D eigenvalue weighted by atomic mass is 16.6. The van der Waals surface area contributed by atoms with Crippen molar-refractivity contribution in [1.82, 2.24) is 0 Å². The molecule has 0 saturated heterocycles. The number of nitrogens with one attached hydrogen (secondary N) is 2. The van der Waals surface area contributed by atoms with E-state index in [9.17, 15) is 9.59 Å². The van der Waals surface area contributed by atoms with E-state index in [4.69, 9.17) is 4.74 Å². The molecule has 0 bridgehead atoms. The van der Waals surface area contributed by atoms with Crippen LogP contribution < -0.4 is 10.6 Å². The van der Waals surface area contributed by atoms with E-state index < -0.39 is 11.6 Å². The fraction of sp³-hybridized carbons (Fsp3) is 0.467. The number of hydrogen-bond donors (Lipinski definition) is 2. The maximum Gasteiger partial charge on any atom is 0.328 e. The van der Waals surface area contributed by atoms with Gasteiger partial charge in [-0.1, -0.05) is 6.07 Å². The van der Waals surface area contributed by atoms with Crippen LogP contribution in [0.2, 0.25) is 0 Å². The second kappa shape index (κ2) is 6.41. The Labute approximate surface area is 119 Å². The summed E-state index contributed by atoms with van der Waals surface area (Å²) in [5.74, 6) is -0.454. The van der Waals surface area contributed by atoms with Crippen molar-refractivity contribution in [2.24, 2.45) is 0 Å². The molecular formula is C15H22N2O3. The molecule has 0 saturated carbocycles. The molecule has 2 N–H and O–H groups in total. The third kappa shape index (κ3) is 5.73. The van der Waals surface area contributed by atoms with E-state index in [1.54, 1.807) is 25.1 Å². The van der Waals surface area contributed by atoms with Gasteiger partial charge in [0.1, 0.15) is 11.6 Å². The summed E-state index contributed by atoms with van der Waals surface area (Å²) >= 11 is 0. The number of carbonyl (C=O) groups excluding carboxylic acids is 2. The molecule has 1 amide bonds. The Hall–Kier alpha value is -2.04. The van der Waals surface area contributed by atoms with Crippen molar-refractivity contribution >= 4 is 23.3 Å². The molecule has 20 heavy (non-hydrogen) atoms. The van der Waals surface area contributed by atoms with E-state index in [1.807, 2.05) is 26.8 Å². The molecule has 1 unspecified atom stereocenters. The number of rotatable bonds is 4. The number of anilines is 2. The number of esters is 1. The predicted molar refractivity (Wildman–Crippen MR) is 79.7 cm³/mol. The maximum atomic E-state index is 11.9. The van der Waals surface area contributed by atoms with Crippen LogP contribution in [0.1, 0.15) is 34.6 Å². The largest absolute Gasteiger partial charge is 0.458 e. The van der Waals surface area contributed by atoms with Crippen molar-refractivity contribution < 1.29 is 14.3 Å². The van der Waals surface area contributed by atoms with E-state index in [-0.39, 0.29) is 11.9 Å². The van der Waals surface area contributed by atoms with Crippen LogP contribution in [0.25, 0.3) is 0 Å². The highest BCUT2D eigenvalue weighted by molar-refractivity contribution is 5.89. The third-order valence-electron chi connectivity index (χ3n) is 2.33. The van der Waals surface area contributed by atoms with Gasteiger partial charge in [-0.25, -0.2) is 4.79 Å². The Morgan fingerprint density at radius 2 is 1.80 bits per heavy atom. The summed E-state index contributed by atoms with van der Waals surface area (Å²) in [4.78, 5) is 22.9. The van der Waals surface area contributed by atoms with E-state index in [0.29, 0.717) is 5.69 Å². The Morgan fingerprint density at radius 1 is 1.20 bits per heavy atom. The maximum absolute atomic E-state index is 11.9. The molecule has 0 radical (unpaired) electrons. The number of amides is 1. The van der Waals surface area contributed by atoms with Gasteiger partial charge in [-0.15, -0.1) is 0 Å². The second-order valence-electron chi connectivity index (χ2n) is 5.66. The second-order valence-corrected chi connectivity index (χ2v) is 5.66. The van der Waals surface area contributed by atoms with Crippen LogP contribution >= 0.6 is 0 Å². The summed E-state index contributed by atoms with van der Waals surface area (Å²) < 4.78 is 5.30. The lowest BCUT2D eigenvalue weighted by Crippen LogP contribution is -2.34. The highest BCUT2D eigenvalue weighted by Gasteiger charge is 2.21. The summed E-state index contributed by atoms with van der Waals surface area (Å²) in [6.45, 7) is 8.67. The Balaban J connectivity index is 2.68. The molecule has 0 aliphatic heterocycles. The van der Waals surface area contributed by atoms with Crippen molar-refractivity contribution in [1.29, 1.82) is 0 Å². The quantitative estimate of drug-likeness (QED) is 0.831. The Morgan fingerprint density at radius 3 is 2.35 bits per heavy atom. The van der Waals surface area contributed by atoms with Gasteiger partial charge in [0.05, 0.1) is 0 Å². The first-order valence-electron chi connectivity index (χ1n) is 6.54. The summed E-state index contributed by atoms with van der Waals surface area (Å²) in [6.07, 6.45) is 0. The van der Waals surface area contributed by atoms with Gasteiger partial charge in [0.2, 0.25) is 5.91 Å². The average molecular weight is 278 g/mol. The summed E-state index contributed by atoms with van der Waals surface area (Å²) in [6, 6.07) is 6.70. The fourth-order valence-corrected chi connectivity index (χ4v) is 1.59. The van der Waals surface area contributed by atoms with Crippen LogP contribution in [0, 0.1) is 0 Å². The van der Waals surface area contributed by atoms with Gasteiger partial charge in [-0.2, -0.15) is 0 Å². The van der Waals surface area contributed by atoms with E-state index in [2.05, 4.69) is 10.6 Å². The molecule has 0 spiro atoms. The fourth-order valence-electron chi connectivity index (χ4n) is 1.59. The van der Waals surface area contributed by atoms with Crippen LogP contribution in [0.4, 0.5) is 11.4 Å². The average Bonchev–Trinajstić information content (AvgIpc) is 2.26. The molecule has 5 heteroatoms. The number of hydrogen-bond acceptors (Lipinski definition) is 4. The monoisotopic (exact) mass is 278 g/mol. The van der Waals surface area contributed by atoms with Gasteiger partial charge < -0.3 is 15.4 Å². The minimum absolute atomic E-state index is 0.137. The molecule has 1 aromatic carbocycles. The van der Waals surface area contributed by atoms with Crippen LogP contribution in [-0.4, -0.2) is 23.5 Å². The summed E-state index contributed by atoms with van der Waals surface area (Å²) in [5.41, 5.74) is 0.916. The Kier molecular flexibility index (Phi) is 5.13. The molecule has 5 nitrogen and oxygen atoms in total. The van der Waals surface area contributed by atoms with Crippen molar-refractivity contribution in [3.63, 3.8) is 0 Å². The Bertz CT molecular complexity index is 492. The van der Waals surface area contributed by atoms with Crippen molar-refractivity contribution in [2.75, 3.05) is 10.6 Å². The minimum Gasteiger partial charge on any atom is -0.458 e.